The highest BCUT2D eigenvalue weighted by Crippen LogP contribution is 2.24. The van der Waals surface area contributed by atoms with Gasteiger partial charge in [0, 0.05) is 38.6 Å². The Morgan fingerprint density at radius 2 is 2.08 bits per heavy atom. The first-order valence-electron chi connectivity index (χ1n) is 7.74. The lowest BCUT2D eigenvalue weighted by atomic mass is 10.0. The Kier molecular flexibility index (Phi) is 4.80. The van der Waals surface area contributed by atoms with Crippen LogP contribution in [0.4, 0.5) is 5.69 Å². The van der Waals surface area contributed by atoms with Gasteiger partial charge in [0.15, 0.2) is 0 Å². The third-order valence-corrected chi connectivity index (χ3v) is 4.51. The van der Waals surface area contributed by atoms with Gasteiger partial charge in [-0.15, -0.1) is 0 Å². The van der Waals surface area contributed by atoms with Crippen LogP contribution in [0.1, 0.15) is 23.2 Å². The first-order valence-corrected chi connectivity index (χ1v) is 8.11. The molecule has 0 spiro atoms. The second-order valence-electron chi connectivity index (χ2n) is 5.75. The van der Waals surface area contributed by atoms with E-state index in [0.29, 0.717) is 24.3 Å². The van der Waals surface area contributed by atoms with Crippen LogP contribution in [-0.4, -0.2) is 39.8 Å². The summed E-state index contributed by atoms with van der Waals surface area (Å²) < 4.78 is 1.21. The number of aryl methyl sites for hydroxylation is 1. The van der Waals surface area contributed by atoms with Gasteiger partial charge in [0.2, 0.25) is 0 Å². The Morgan fingerprint density at radius 1 is 1.33 bits per heavy atom. The van der Waals surface area contributed by atoms with Crippen LogP contribution in [0.5, 0.6) is 0 Å². The van der Waals surface area contributed by atoms with Crippen LogP contribution >= 0.6 is 11.6 Å². The summed E-state index contributed by atoms with van der Waals surface area (Å²) in [6, 6.07) is 3.57. The molecule has 24 heavy (non-hydrogen) atoms. The molecule has 7 nitrogen and oxygen atoms in total. The Morgan fingerprint density at radius 3 is 2.75 bits per heavy atom. The molecule has 8 heteroatoms. The van der Waals surface area contributed by atoms with Crippen LogP contribution in [0.25, 0.3) is 0 Å². The Labute approximate surface area is 144 Å². The number of carbonyl (C=O) groups excluding carboxylic acids is 1. The molecule has 0 unspecified atom stereocenters. The minimum absolute atomic E-state index is 0.0900. The van der Waals surface area contributed by atoms with E-state index >= 15 is 0 Å². The van der Waals surface area contributed by atoms with Crippen LogP contribution in [0.2, 0.25) is 5.02 Å². The van der Waals surface area contributed by atoms with Gasteiger partial charge >= 0.3 is 0 Å². The van der Waals surface area contributed by atoms with Crippen molar-refractivity contribution in [1.82, 2.24) is 20.1 Å². The van der Waals surface area contributed by atoms with Crippen molar-refractivity contribution in [2.75, 3.05) is 18.0 Å². The van der Waals surface area contributed by atoms with E-state index in [4.69, 9.17) is 11.6 Å². The lowest BCUT2D eigenvalue weighted by Crippen LogP contribution is -2.45. The second kappa shape index (κ2) is 7.00. The molecule has 1 aliphatic rings. The van der Waals surface area contributed by atoms with Crippen molar-refractivity contribution in [2.24, 2.45) is 7.05 Å². The summed E-state index contributed by atoms with van der Waals surface area (Å²) in [6.07, 6.45) is 6.35. The van der Waals surface area contributed by atoms with Crippen molar-refractivity contribution in [1.29, 1.82) is 0 Å². The quantitative estimate of drug-likeness (QED) is 0.903. The van der Waals surface area contributed by atoms with E-state index in [9.17, 15) is 9.59 Å². The summed E-state index contributed by atoms with van der Waals surface area (Å²) in [5, 5.41) is 7.23. The number of carbonyl (C=O) groups is 1. The van der Waals surface area contributed by atoms with E-state index in [2.05, 4.69) is 15.4 Å². The third-order valence-electron chi connectivity index (χ3n) is 4.15. The molecule has 1 aliphatic heterocycles. The molecule has 1 N–H and O–H groups in total. The van der Waals surface area contributed by atoms with Gasteiger partial charge in [-0.2, -0.15) is 5.10 Å². The molecule has 1 fully saturated rings. The van der Waals surface area contributed by atoms with Gasteiger partial charge in [-0.05, 0) is 25.0 Å². The first kappa shape index (κ1) is 16.4. The van der Waals surface area contributed by atoms with Crippen LogP contribution in [0, 0.1) is 0 Å². The molecule has 3 heterocycles. The zero-order chi connectivity index (χ0) is 17.1. The second-order valence-corrected chi connectivity index (χ2v) is 6.13. The standard InChI is InChI=1S/C16H18ClN5O2/c1-21-16(24)14(17)13(10-19-21)22-7-4-12(5-8-22)20-15(23)11-3-2-6-18-9-11/h2-3,6,9-10,12H,4-5,7-8H2,1H3,(H,20,23). The van der Waals surface area contributed by atoms with Crippen molar-refractivity contribution in [3.63, 3.8) is 0 Å². The molecular weight excluding hydrogens is 330 g/mol. The minimum Gasteiger partial charge on any atom is -0.369 e. The minimum atomic E-state index is -0.304. The van der Waals surface area contributed by atoms with Crippen molar-refractivity contribution < 1.29 is 4.79 Å². The third kappa shape index (κ3) is 3.41. The monoisotopic (exact) mass is 347 g/mol. The lowest BCUT2D eigenvalue weighted by molar-refractivity contribution is 0.0930. The van der Waals surface area contributed by atoms with Crippen molar-refractivity contribution in [3.8, 4) is 0 Å². The number of amides is 1. The Balaban J connectivity index is 1.61. The fourth-order valence-electron chi connectivity index (χ4n) is 2.75. The predicted octanol–water partition coefficient (Wildman–Crippen LogP) is 1.23. The van der Waals surface area contributed by atoms with Crippen LogP contribution in [0.3, 0.4) is 0 Å². The summed E-state index contributed by atoms with van der Waals surface area (Å²) in [5.74, 6) is -0.116. The SMILES string of the molecule is Cn1ncc(N2CCC(NC(=O)c3cccnc3)CC2)c(Cl)c1=O. The normalized spacial score (nSPS) is 15.3. The zero-order valence-electron chi connectivity index (χ0n) is 13.3. The number of hydrogen-bond acceptors (Lipinski definition) is 5. The van der Waals surface area contributed by atoms with Crippen LogP contribution in [0.15, 0.2) is 35.5 Å². The van der Waals surface area contributed by atoms with Crippen molar-refractivity contribution in [3.05, 3.63) is 51.7 Å². The van der Waals surface area contributed by atoms with Crippen molar-refractivity contribution >= 4 is 23.2 Å². The molecule has 0 atom stereocenters. The maximum Gasteiger partial charge on any atom is 0.287 e. The highest BCUT2D eigenvalue weighted by Gasteiger charge is 2.23. The molecule has 126 valence electrons. The predicted molar refractivity (Wildman–Crippen MR) is 91.4 cm³/mol. The number of nitrogens with zero attached hydrogens (tertiary/aromatic N) is 4. The largest absolute Gasteiger partial charge is 0.369 e. The number of anilines is 1. The number of pyridine rings is 1. The number of hydrogen-bond donors (Lipinski definition) is 1. The average Bonchev–Trinajstić information content (AvgIpc) is 2.61. The first-order chi connectivity index (χ1) is 11.6. The Bertz CT molecular complexity index is 785. The average molecular weight is 348 g/mol. The number of nitrogens with one attached hydrogen (secondary N) is 1. The van der Waals surface area contributed by atoms with E-state index in [1.54, 1.807) is 37.8 Å². The van der Waals surface area contributed by atoms with E-state index in [-0.39, 0.29) is 22.5 Å². The molecular formula is C16H18ClN5O2. The summed E-state index contributed by atoms with van der Waals surface area (Å²) in [4.78, 5) is 30.0. The van der Waals surface area contributed by atoms with E-state index < -0.39 is 0 Å². The number of aromatic nitrogens is 3. The van der Waals surface area contributed by atoms with Crippen LogP contribution in [-0.2, 0) is 7.05 Å². The number of rotatable bonds is 3. The summed E-state index contributed by atoms with van der Waals surface area (Å²) in [5.41, 5.74) is 0.900. The summed E-state index contributed by atoms with van der Waals surface area (Å²) in [6.45, 7) is 1.40. The molecule has 1 amide bonds. The van der Waals surface area contributed by atoms with Gasteiger partial charge < -0.3 is 10.2 Å². The molecule has 3 rings (SSSR count). The number of halogens is 1. The topological polar surface area (TPSA) is 80.1 Å². The van der Waals surface area contributed by atoms with Gasteiger partial charge in [-0.25, -0.2) is 4.68 Å². The maximum absolute atomic E-state index is 12.2. The highest BCUT2D eigenvalue weighted by atomic mass is 35.5. The molecule has 0 bridgehead atoms. The van der Waals surface area contributed by atoms with E-state index in [1.807, 2.05) is 4.90 Å². The van der Waals surface area contributed by atoms with Gasteiger partial charge in [-0.3, -0.25) is 14.6 Å². The molecule has 2 aromatic rings. The molecule has 0 radical (unpaired) electrons. The Hall–Kier alpha value is -2.41. The molecule has 1 saturated heterocycles. The lowest BCUT2D eigenvalue weighted by Gasteiger charge is -2.34. The summed E-state index contributed by atoms with van der Waals surface area (Å²) >= 11 is 6.14. The maximum atomic E-state index is 12.2. The molecule has 0 aliphatic carbocycles. The van der Waals surface area contributed by atoms with Gasteiger partial charge in [0.25, 0.3) is 11.5 Å². The fraction of sp³-hybridized carbons (Fsp3) is 0.375. The smallest absolute Gasteiger partial charge is 0.287 e. The molecule has 2 aromatic heterocycles. The summed E-state index contributed by atoms with van der Waals surface area (Å²) in [7, 11) is 1.57. The van der Waals surface area contributed by atoms with E-state index in [0.717, 1.165) is 12.8 Å². The van der Waals surface area contributed by atoms with Crippen LogP contribution < -0.4 is 15.8 Å². The van der Waals surface area contributed by atoms with Crippen molar-refractivity contribution in [2.45, 2.75) is 18.9 Å². The van der Waals surface area contributed by atoms with Gasteiger partial charge in [-0.1, -0.05) is 11.6 Å². The molecule has 0 saturated carbocycles. The zero-order valence-corrected chi connectivity index (χ0v) is 14.0. The van der Waals surface area contributed by atoms with Gasteiger partial charge in [0.1, 0.15) is 5.02 Å². The van der Waals surface area contributed by atoms with E-state index in [1.165, 1.54) is 4.68 Å². The fourth-order valence-corrected chi connectivity index (χ4v) is 3.04. The highest BCUT2D eigenvalue weighted by molar-refractivity contribution is 6.33. The number of piperidine rings is 1. The molecule has 0 aromatic carbocycles. The van der Waals surface area contributed by atoms with Gasteiger partial charge in [0.05, 0.1) is 17.4 Å².